The molecule has 18 heavy (non-hydrogen) atoms. The predicted molar refractivity (Wildman–Crippen MR) is 70.9 cm³/mol. The van der Waals surface area contributed by atoms with E-state index in [0.29, 0.717) is 16.1 Å². The normalized spacial score (nSPS) is 14.2. The van der Waals surface area contributed by atoms with Gasteiger partial charge in [0.05, 0.1) is 6.61 Å². The molecule has 1 heterocycles. The molecule has 0 radical (unpaired) electrons. The highest BCUT2D eigenvalue weighted by Crippen LogP contribution is 2.29. The van der Waals surface area contributed by atoms with Gasteiger partial charge in [0.15, 0.2) is 4.67 Å². The molecular formula is C13H13BrFNO2. The third-order valence-corrected chi connectivity index (χ3v) is 3.12. The number of anilines is 1. The smallest absolute Gasteiger partial charge is 0.169 e. The van der Waals surface area contributed by atoms with E-state index < -0.39 is 5.54 Å². The fourth-order valence-corrected chi connectivity index (χ4v) is 1.95. The molecule has 96 valence electrons. The summed E-state index contributed by atoms with van der Waals surface area (Å²) >= 11 is 3.22. The van der Waals surface area contributed by atoms with Crippen molar-refractivity contribution in [2.24, 2.45) is 0 Å². The maximum atomic E-state index is 12.8. The van der Waals surface area contributed by atoms with Crippen LogP contribution in [0.15, 0.2) is 45.5 Å². The first kappa shape index (κ1) is 13.1. The maximum absolute atomic E-state index is 12.8. The lowest BCUT2D eigenvalue weighted by Gasteiger charge is -2.27. The van der Waals surface area contributed by atoms with Crippen LogP contribution in [0.3, 0.4) is 0 Å². The highest BCUT2D eigenvalue weighted by Gasteiger charge is 2.29. The monoisotopic (exact) mass is 313 g/mol. The van der Waals surface area contributed by atoms with Crippen LogP contribution in [0.5, 0.6) is 0 Å². The van der Waals surface area contributed by atoms with E-state index in [2.05, 4.69) is 21.2 Å². The molecule has 3 nitrogen and oxygen atoms in total. The van der Waals surface area contributed by atoms with Gasteiger partial charge in [-0.05, 0) is 59.3 Å². The molecular weight excluding hydrogens is 301 g/mol. The van der Waals surface area contributed by atoms with Crippen molar-refractivity contribution < 1.29 is 13.9 Å². The van der Waals surface area contributed by atoms with Gasteiger partial charge in [0.1, 0.15) is 17.1 Å². The lowest BCUT2D eigenvalue weighted by atomic mass is 9.99. The van der Waals surface area contributed by atoms with Crippen LogP contribution < -0.4 is 5.32 Å². The van der Waals surface area contributed by atoms with E-state index in [1.165, 1.54) is 12.1 Å². The quantitative estimate of drug-likeness (QED) is 0.908. The van der Waals surface area contributed by atoms with E-state index in [1.807, 2.05) is 6.92 Å². The summed E-state index contributed by atoms with van der Waals surface area (Å²) in [4.78, 5) is 0. The first-order chi connectivity index (χ1) is 8.53. The van der Waals surface area contributed by atoms with Gasteiger partial charge in [0, 0.05) is 5.69 Å². The molecule has 0 saturated carbocycles. The molecule has 5 heteroatoms. The molecule has 0 bridgehead atoms. The number of halogens is 2. The Labute approximate surface area is 113 Å². The van der Waals surface area contributed by atoms with Gasteiger partial charge in [0.25, 0.3) is 0 Å². The second-order valence-corrected chi connectivity index (χ2v) is 5.01. The molecule has 0 fully saturated rings. The van der Waals surface area contributed by atoms with Crippen LogP contribution in [0.25, 0.3) is 0 Å². The van der Waals surface area contributed by atoms with Crippen LogP contribution in [0.4, 0.5) is 10.1 Å². The first-order valence-corrected chi connectivity index (χ1v) is 6.23. The summed E-state index contributed by atoms with van der Waals surface area (Å²) in [5.41, 5.74) is -0.0513. The number of benzene rings is 1. The van der Waals surface area contributed by atoms with Crippen molar-refractivity contribution in [3.8, 4) is 0 Å². The summed E-state index contributed by atoms with van der Waals surface area (Å²) in [6.07, 6.45) is 0. The van der Waals surface area contributed by atoms with Gasteiger partial charge in [-0.25, -0.2) is 4.39 Å². The predicted octanol–water partition coefficient (Wildman–Crippen LogP) is 3.50. The standard InChI is InChI=1S/C13H13BrFNO2/c1-13(8-17,11-6-7-12(14)18-11)16-10-4-2-9(15)3-5-10/h2-7,16-17H,8H2,1H3. The largest absolute Gasteiger partial charge is 0.452 e. The molecule has 0 aliphatic carbocycles. The highest BCUT2D eigenvalue weighted by molar-refractivity contribution is 9.10. The van der Waals surface area contributed by atoms with E-state index in [-0.39, 0.29) is 12.4 Å². The lowest BCUT2D eigenvalue weighted by Crippen LogP contribution is -2.35. The van der Waals surface area contributed by atoms with Gasteiger partial charge in [-0.15, -0.1) is 0 Å². The average molecular weight is 314 g/mol. The lowest BCUT2D eigenvalue weighted by molar-refractivity contribution is 0.202. The Morgan fingerprint density at radius 1 is 1.28 bits per heavy atom. The summed E-state index contributed by atoms with van der Waals surface area (Å²) in [6.45, 7) is 1.66. The van der Waals surface area contributed by atoms with E-state index in [4.69, 9.17) is 4.42 Å². The minimum Gasteiger partial charge on any atom is -0.452 e. The third kappa shape index (κ3) is 2.73. The van der Waals surface area contributed by atoms with Crippen LogP contribution in [0.2, 0.25) is 0 Å². The van der Waals surface area contributed by atoms with Crippen LogP contribution in [-0.2, 0) is 5.54 Å². The Hall–Kier alpha value is -1.33. The summed E-state index contributed by atoms with van der Waals surface area (Å²) < 4.78 is 18.9. The Balaban J connectivity index is 2.25. The summed E-state index contributed by atoms with van der Waals surface area (Å²) in [5.74, 6) is 0.299. The Kier molecular flexibility index (Phi) is 3.73. The SMILES string of the molecule is CC(CO)(Nc1ccc(F)cc1)c1ccc(Br)o1. The molecule has 0 aliphatic rings. The molecule has 1 unspecified atom stereocenters. The van der Waals surface area contributed by atoms with Crippen molar-refractivity contribution in [3.63, 3.8) is 0 Å². The zero-order chi connectivity index (χ0) is 13.2. The number of hydrogen-bond donors (Lipinski definition) is 2. The number of aliphatic hydroxyl groups excluding tert-OH is 1. The van der Waals surface area contributed by atoms with Crippen molar-refractivity contribution in [2.75, 3.05) is 11.9 Å². The number of hydrogen-bond acceptors (Lipinski definition) is 3. The highest BCUT2D eigenvalue weighted by atomic mass is 79.9. The Morgan fingerprint density at radius 2 is 1.94 bits per heavy atom. The fourth-order valence-electron chi connectivity index (χ4n) is 1.64. The number of rotatable bonds is 4. The van der Waals surface area contributed by atoms with Gasteiger partial charge >= 0.3 is 0 Å². The molecule has 2 aromatic rings. The second-order valence-electron chi connectivity index (χ2n) is 4.23. The zero-order valence-corrected chi connectivity index (χ0v) is 11.4. The van der Waals surface area contributed by atoms with Crippen LogP contribution in [0.1, 0.15) is 12.7 Å². The maximum Gasteiger partial charge on any atom is 0.169 e. The minimum absolute atomic E-state index is 0.148. The van der Waals surface area contributed by atoms with E-state index in [1.54, 1.807) is 24.3 Å². The summed E-state index contributed by atoms with van der Waals surface area (Å²) in [5, 5.41) is 12.7. The van der Waals surface area contributed by atoms with Gasteiger partial charge in [-0.2, -0.15) is 0 Å². The summed E-state index contributed by atoms with van der Waals surface area (Å²) in [6, 6.07) is 9.48. The first-order valence-electron chi connectivity index (χ1n) is 5.44. The molecule has 0 saturated heterocycles. The average Bonchev–Trinajstić information content (AvgIpc) is 2.79. The van der Waals surface area contributed by atoms with Gasteiger partial charge in [-0.1, -0.05) is 0 Å². The van der Waals surface area contributed by atoms with Crippen molar-refractivity contribution in [1.82, 2.24) is 0 Å². The number of nitrogens with one attached hydrogen (secondary N) is 1. The van der Waals surface area contributed by atoms with Crippen molar-refractivity contribution in [2.45, 2.75) is 12.5 Å². The van der Waals surface area contributed by atoms with Crippen molar-refractivity contribution >= 4 is 21.6 Å². The minimum atomic E-state index is -0.760. The van der Waals surface area contributed by atoms with Crippen molar-refractivity contribution in [3.05, 3.63) is 52.6 Å². The van der Waals surface area contributed by atoms with Crippen molar-refractivity contribution in [1.29, 1.82) is 0 Å². The molecule has 1 atom stereocenters. The Bertz CT molecular complexity index is 526. The topological polar surface area (TPSA) is 45.4 Å². The second kappa shape index (κ2) is 5.12. The molecule has 2 rings (SSSR count). The number of aliphatic hydroxyl groups is 1. The molecule has 1 aromatic carbocycles. The van der Waals surface area contributed by atoms with Crippen LogP contribution in [-0.4, -0.2) is 11.7 Å². The molecule has 0 amide bonds. The zero-order valence-electron chi connectivity index (χ0n) is 9.78. The van der Waals surface area contributed by atoms with Crippen LogP contribution >= 0.6 is 15.9 Å². The van der Waals surface area contributed by atoms with E-state index in [0.717, 1.165) is 0 Å². The summed E-state index contributed by atoms with van der Waals surface area (Å²) in [7, 11) is 0. The number of furan rings is 1. The van der Waals surface area contributed by atoms with Gasteiger partial charge in [-0.3, -0.25) is 0 Å². The fraction of sp³-hybridized carbons (Fsp3) is 0.231. The molecule has 1 aromatic heterocycles. The van der Waals surface area contributed by atoms with E-state index >= 15 is 0 Å². The Morgan fingerprint density at radius 3 is 2.44 bits per heavy atom. The molecule has 2 N–H and O–H groups in total. The van der Waals surface area contributed by atoms with Crippen LogP contribution in [0, 0.1) is 5.82 Å². The van der Waals surface area contributed by atoms with E-state index in [9.17, 15) is 9.50 Å². The van der Waals surface area contributed by atoms with Gasteiger partial charge in [0.2, 0.25) is 0 Å². The molecule has 0 spiro atoms. The van der Waals surface area contributed by atoms with Gasteiger partial charge < -0.3 is 14.8 Å². The molecule has 0 aliphatic heterocycles. The third-order valence-electron chi connectivity index (χ3n) is 2.70.